The fourth-order valence-electron chi connectivity index (χ4n) is 0.781. The zero-order valence-electron chi connectivity index (χ0n) is 8.91. The van der Waals surface area contributed by atoms with Crippen LogP contribution in [0.4, 0.5) is 0 Å². The summed E-state index contributed by atoms with van der Waals surface area (Å²) in [5.41, 5.74) is 0. The van der Waals surface area contributed by atoms with Gasteiger partial charge in [-0.2, -0.15) is 0 Å². The van der Waals surface area contributed by atoms with E-state index in [1.54, 1.807) is 0 Å². The molecule has 14 heavy (non-hydrogen) atoms. The average Bonchev–Trinajstić information content (AvgIpc) is 1.98. The summed E-state index contributed by atoms with van der Waals surface area (Å²) in [6, 6.07) is 0. The van der Waals surface area contributed by atoms with Crippen LogP contribution in [0, 0.1) is 12.3 Å². The van der Waals surface area contributed by atoms with Crippen molar-refractivity contribution in [1.82, 2.24) is 5.32 Å². The first-order chi connectivity index (χ1) is 6.31. The molecule has 0 aromatic heterocycles. The molecule has 83 valence electrons. The van der Waals surface area contributed by atoms with Crippen molar-refractivity contribution >= 4 is 15.7 Å². The van der Waals surface area contributed by atoms with Crippen molar-refractivity contribution in [3.63, 3.8) is 0 Å². The molecule has 0 heterocycles. The van der Waals surface area contributed by atoms with Gasteiger partial charge in [0, 0.05) is 12.8 Å². The molecular weight excluding hydrogens is 202 g/mol. The molecule has 0 fully saturated rings. The predicted octanol–water partition coefficient (Wildman–Crippen LogP) is 0.398. The topological polar surface area (TPSA) is 63.2 Å². The van der Waals surface area contributed by atoms with E-state index in [-0.39, 0.29) is 18.1 Å². The van der Waals surface area contributed by atoms with E-state index in [1.165, 1.54) is 6.42 Å². The number of carbonyl (C=O) groups excluding carboxylic acids is 1. The van der Waals surface area contributed by atoms with Crippen LogP contribution in [0.3, 0.4) is 0 Å². The molecule has 0 bridgehead atoms. The number of nitrogens with one attached hydrogen (secondary N) is 1. The fourth-order valence-corrected chi connectivity index (χ4v) is 1.33. The summed E-state index contributed by atoms with van der Waals surface area (Å²) in [4.78, 5) is 11.1. The lowest BCUT2D eigenvalue weighted by Crippen LogP contribution is -2.27. The molecule has 0 spiro atoms. The standard InChI is InChI=1S/C9H18NO3S/c1-8(2)7-10-9(11)5-4-6-14(3,12)13/h5,8H,4,6-7H2,1-3H3,(H,10,11). The van der Waals surface area contributed by atoms with Crippen molar-refractivity contribution in [1.29, 1.82) is 0 Å². The van der Waals surface area contributed by atoms with Crippen molar-refractivity contribution in [3.05, 3.63) is 6.42 Å². The van der Waals surface area contributed by atoms with Crippen LogP contribution in [-0.4, -0.2) is 32.9 Å². The van der Waals surface area contributed by atoms with E-state index < -0.39 is 9.84 Å². The third kappa shape index (κ3) is 9.51. The Bertz CT molecular complexity index is 270. The van der Waals surface area contributed by atoms with E-state index >= 15 is 0 Å². The summed E-state index contributed by atoms with van der Waals surface area (Å²) in [7, 11) is -2.96. The van der Waals surface area contributed by atoms with Crippen LogP contribution in [0.1, 0.15) is 20.3 Å². The molecule has 0 aliphatic rings. The third-order valence-corrected chi connectivity index (χ3v) is 2.48. The van der Waals surface area contributed by atoms with Gasteiger partial charge >= 0.3 is 0 Å². The van der Waals surface area contributed by atoms with Crippen molar-refractivity contribution < 1.29 is 13.2 Å². The monoisotopic (exact) mass is 220 g/mol. The van der Waals surface area contributed by atoms with E-state index in [2.05, 4.69) is 5.32 Å². The molecule has 0 rings (SSSR count). The van der Waals surface area contributed by atoms with Gasteiger partial charge in [-0.3, -0.25) is 4.79 Å². The van der Waals surface area contributed by atoms with Crippen molar-refractivity contribution in [3.8, 4) is 0 Å². The largest absolute Gasteiger partial charge is 0.356 e. The minimum absolute atomic E-state index is 0.0299. The Morgan fingerprint density at radius 1 is 1.43 bits per heavy atom. The number of hydrogen-bond donors (Lipinski definition) is 1. The molecule has 0 aromatic carbocycles. The normalized spacial score (nSPS) is 11.7. The molecule has 1 N–H and O–H groups in total. The Kier molecular flexibility index (Phi) is 5.76. The van der Waals surface area contributed by atoms with E-state index in [1.807, 2.05) is 13.8 Å². The average molecular weight is 220 g/mol. The molecule has 0 aliphatic carbocycles. The number of amides is 1. The van der Waals surface area contributed by atoms with Crippen LogP contribution >= 0.6 is 0 Å². The third-order valence-electron chi connectivity index (χ3n) is 1.50. The van der Waals surface area contributed by atoms with Gasteiger partial charge < -0.3 is 5.32 Å². The van der Waals surface area contributed by atoms with Gasteiger partial charge in [-0.05, 0) is 12.3 Å². The number of rotatable bonds is 6. The van der Waals surface area contributed by atoms with Crippen LogP contribution in [-0.2, 0) is 14.6 Å². The van der Waals surface area contributed by atoms with Gasteiger partial charge in [-0.1, -0.05) is 13.8 Å². The molecule has 5 heteroatoms. The lowest BCUT2D eigenvalue weighted by molar-refractivity contribution is -0.118. The minimum Gasteiger partial charge on any atom is -0.356 e. The highest BCUT2D eigenvalue weighted by Gasteiger charge is 2.06. The summed E-state index contributed by atoms with van der Waals surface area (Å²) in [5, 5.41) is 2.68. The van der Waals surface area contributed by atoms with Gasteiger partial charge in [0.25, 0.3) is 0 Å². The van der Waals surface area contributed by atoms with Crippen LogP contribution < -0.4 is 5.32 Å². The van der Waals surface area contributed by atoms with Crippen LogP contribution in [0.5, 0.6) is 0 Å². The Labute approximate surface area is 86.0 Å². The Morgan fingerprint density at radius 3 is 2.43 bits per heavy atom. The number of sulfone groups is 1. The van der Waals surface area contributed by atoms with E-state index in [9.17, 15) is 13.2 Å². The quantitative estimate of drug-likeness (QED) is 0.704. The van der Waals surface area contributed by atoms with Crippen LogP contribution in [0.2, 0.25) is 0 Å². The first kappa shape index (κ1) is 13.4. The summed E-state index contributed by atoms with van der Waals surface area (Å²) in [6.07, 6.45) is 2.82. The zero-order chi connectivity index (χ0) is 11.2. The van der Waals surface area contributed by atoms with Crippen LogP contribution in [0.15, 0.2) is 0 Å². The maximum absolute atomic E-state index is 11.1. The van der Waals surface area contributed by atoms with E-state index in [4.69, 9.17) is 0 Å². The molecule has 0 saturated heterocycles. The zero-order valence-corrected chi connectivity index (χ0v) is 9.73. The van der Waals surface area contributed by atoms with Gasteiger partial charge in [-0.15, -0.1) is 0 Å². The molecule has 1 amide bonds. The maximum atomic E-state index is 11.1. The Morgan fingerprint density at radius 2 is 2.00 bits per heavy atom. The van der Waals surface area contributed by atoms with Gasteiger partial charge in [0.15, 0.2) is 0 Å². The van der Waals surface area contributed by atoms with Gasteiger partial charge in [0.2, 0.25) is 5.91 Å². The highest BCUT2D eigenvalue weighted by atomic mass is 32.2. The van der Waals surface area contributed by atoms with Crippen molar-refractivity contribution in [2.24, 2.45) is 5.92 Å². The first-order valence-electron chi connectivity index (χ1n) is 4.60. The second-order valence-corrected chi connectivity index (χ2v) is 6.02. The Balaban J connectivity index is 3.55. The Hall–Kier alpha value is -0.580. The molecule has 0 saturated carbocycles. The fraction of sp³-hybridized carbons (Fsp3) is 0.778. The highest BCUT2D eigenvalue weighted by molar-refractivity contribution is 7.90. The summed E-state index contributed by atoms with van der Waals surface area (Å²) >= 11 is 0. The lowest BCUT2D eigenvalue weighted by Gasteiger charge is -2.06. The summed E-state index contributed by atoms with van der Waals surface area (Å²) in [6.45, 7) is 4.61. The molecule has 0 unspecified atom stereocenters. The molecule has 0 aromatic rings. The highest BCUT2D eigenvalue weighted by Crippen LogP contribution is 1.94. The van der Waals surface area contributed by atoms with Crippen molar-refractivity contribution in [2.75, 3.05) is 18.6 Å². The molecule has 0 aliphatic heterocycles. The number of carbonyl (C=O) groups is 1. The van der Waals surface area contributed by atoms with E-state index in [0.29, 0.717) is 12.5 Å². The maximum Gasteiger partial charge on any atom is 0.223 e. The molecule has 1 radical (unpaired) electrons. The second-order valence-electron chi connectivity index (χ2n) is 3.76. The number of hydrogen-bond acceptors (Lipinski definition) is 3. The predicted molar refractivity (Wildman–Crippen MR) is 56.5 cm³/mol. The van der Waals surface area contributed by atoms with Crippen molar-refractivity contribution in [2.45, 2.75) is 20.3 Å². The molecule has 4 nitrogen and oxygen atoms in total. The summed E-state index contributed by atoms with van der Waals surface area (Å²) < 4.78 is 21.5. The minimum atomic E-state index is -2.96. The summed E-state index contributed by atoms with van der Waals surface area (Å²) in [5.74, 6) is 0.242. The smallest absolute Gasteiger partial charge is 0.223 e. The van der Waals surface area contributed by atoms with E-state index in [0.717, 1.165) is 6.26 Å². The lowest BCUT2D eigenvalue weighted by atomic mass is 10.2. The van der Waals surface area contributed by atoms with Gasteiger partial charge in [-0.25, -0.2) is 8.42 Å². The molecular formula is C9H18NO3S. The second kappa shape index (κ2) is 6.01. The first-order valence-corrected chi connectivity index (χ1v) is 6.66. The SMILES string of the molecule is CC(C)CNC(=O)[CH]CCS(C)(=O)=O. The van der Waals surface area contributed by atoms with Gasteiger partial charge in [0.05, 0.1) is 12.2 Å². The van der Waals surface area contributed by atoms with Crippen LogP contribution in [0.25, 0.3) is 0 Å². The molecule has 0 atom stereocenters. The van der Waals surface area contributed by atoms with Gasteiger partial charge in [0.1, 0.15) is 9.84 Å².